The molecule has 1 aliphatic carbocycles. The average molecular weight is 257 g/mol. The lowest BCUT2D eigenvalue weighted by Crippen LogP contribution is -2.15. The lowest BCUT2D eigenvalue weighted by Gasteiger charge is -2.25. The van der Waals surface area contributed by atoms with Gasteiger partial charge in [-0.15, -0.1) is 5.10 Å². The smallest absolute Gasteiger partial charge is 0.133 e. The monoisotopic (exact) mass is 257 g/mol. The van der Waals surface area contributed by atoms with Crippen LogP contribution in [0.3, 0.4) is 0 Å². The lowest BCUT2D eigenvalue weighted by atomic mass is 9.91. The molecule has 1 heterocycles. The van der Waals surface area contributed by atoms with E-state index in [4.69, 9.17) is 0 Å². The van der Waals surface area contributed by atoms with Gasteiger partial charge in [0, 0.05) is 29.6 Å². The van der Waals surface area contributed by atoms with Crippen LogP contribution >= 0.6 is 23.3 Å². The summed E-state index contributed by atoms with van der Waals surface area (Å²) in [5, 5.41) is 9.28. The zero-order valence-electron chi connectivity index (χ0n) is 9.90. The summed E-state index contributed by atoms with van der Waals surface area (Å²) < 4.78 is 3.99. The summed E-state index contributed by atoms with van der Waals surface area (Å²) in [7, 11) is 1.94. The average Bonchev–Trinajstić information content (AvgIpc) is 2.74. The van der Waals surface area contributed by atoms with Crippen LogP contribution in [0.1, 0.15) is 38.3 Å². The molecule has 1 N–H and O–H groups in total. The molecule has 0 spiro atoms. The molecule has 0 aromatic carbocycles. The normalized spacial score (nSPS) is 25.6. The van der Waals surface area contributed by atoms with Crippen LogP contribution in [-0.4, -0.2) is 21.9 Å². The first-order valence-electron chi connectivity index (χ1n) is 5.90. The van der Waals surface area contributed by atoms with Gasteiger partial charge in [0.15, 0.2) is 0 Å². The molecule has 1 aromatic heterocycles. The molecule has 5 heteroatoms. The quantitative estimate of drug-likeness (QED) is 0.897. The molecule has 3 nitrogen and oxygen atoms in total. The molecule has 90 valence electrons. The van der Waals surface area contributed by atoms with Gasteiger partial charge in [-0.2, -0.15) is 11.8 Å². The van der Waals surface area contributed by atoms with Crippen LogP contribution in [0.15, 0.2) is 0 Å². The summed E-state index contributed by atoms with van der Waals surface area (Å²) in [6, 6.07) is 0. The molecule has 2 atom stereocenters. The van der Waals surface area contributed by atoms with Gasteiger partial charge in [0.2, 0.25) is 0 Å². The molecule has 2 unspecified atom stereocenters. The zero-order chi connectivity index (χ0) is 11.4. The predicted molar refractivity (Wildman–Crippen MR) is 72.2 cm³/mol. The van der Waals surface area contributed by atoms with Crippen molar-refractivity contribution in [3.05, 3.63) is 5.69 Å². The van der Waals surface area contributed by atoms with E-state index < -0.39 is 0 Å². The SMILES string of the molecule is CNc1snnc1CSC1CCCC(C)C1. The van der Waals surface area contributed by atoms with Gasteiger partial charge in [-0.3, -0.25) is 0 Å². The van der Waals surface area contributed by atoms with Crippen LogP contribution in [0, 0.1) is 5.92 Å². The molecule has 0 saturated heterocycles. The van der Waals surface area contributed by atoms with E-state index in [1.165, 1.54) is 37.2 Å². The highest BCUT2D eigenvalue weighted by molar-refractivity contribution is 7.99. The molecule has 0 aliphatic heterocycles. The van der Waals surface area contributed by atoms with Crippen molar-refractivity contribution < 1.29 is 0 Å². The first kappa shape index (κ1) is 12.2. The fourth-order valence-corrected chi connectivity index (χ4v) is 4.24. The summed E-state index contributed by atoms with van der Waals surface area (Å²) in [6.07, 6.45) is 5.56. The van der Waals surface area contributed by atoms with Gasteiger partial charge in [0.25, 0.3) is 0 Å². The summed E-state index contributed by atoms with van der Waals surface area (Å²) >= 11 is 3.50. The van der Waals surface area contributed by atoms with Gasteiger partial charge in [-0.25, -0.2) is 0 Å². The van der Waals surface area contributed by atoms with Crippen molar-refractivity contribution in [1.29, 1.82) is 0 Å². The molecule has 16 heavy (non-hydrogen) atoms. The Morgan fingerprint density at radius 1 is 1.50 bits per heavy atom. The Morgan fingerprint density at radius 2 is 2.38 bits per heavy atom. The van der Waals surface area contributed by atoms with Gasteiger partial charge < -0.3 is 5.32 Å². The Balaban J connectivity index is 1.82. The maximum atomic E-state index is 4.18. The van der Waals surface area contributed by atoms with E-state index in [0.29, 0.717) is 0 Å². The van der Waals surface area contributed by atoms with E-state index in [1.54, 1.807) is 0 Å². The van der Waals surface area contributed by atoms with Crippen LogP contribution in [0.25, 0.3) is 0 Å². The highest BCUT2D eigenvalue weighted by Crippen LogP contribution is 2.34. The highest BCUT2D eigenvalue weighted by atomic mass is 32.2. The second-order valence-electron chi connectivity index (χ2n) is 4.50. The van der Waals surface area contributed by atoms with E-state index >= 15 is 0 Å². The number of nitrogens with one attached hydrogen (secondary N) is 1. The zero-order valence-corrected chi connectivity index (χ0v) is 11.5. The maximum absolute atomic E-state index is 4.18. The maximum Gasteiger partial charge on any atom is 0.133 e. The Hall–Kier alpha value is -0.290. The molecule has 0 radical (unpaired) electrons. The number of hydrogen-bond acceptors (Lipinski definition) is 5. The fraction of sp³-hybridized carbons (Fsp3) is 0.818. The molecule has 0 amide bonds. The number of thioether (sulfide) groups is 1. The van der Waals surface area contributed by atoms with Crippen LogP contribution in [0.4, 0.5) is 5.00 Å². The van der Waals surface area contributed by atoms with Crippen molar-refractivity contribution in [2.45, 2.75) is 43.6 Å². The summed E-state index contributed by atoms with van der Waals surface area (Å²) in [5.74, 6) is 1.91. The van der Waals surface area contributed by atoms with Crippen molar-refractivity contribution in [1.82, 2.24) is 9.59 Å². The summed E-state index contributed by atoms with van der Waals surface area (Å²) in [5.41, 5.74) is 1.12. The number of rotatable bonds is 4. The van der Waals surface area contributed by atoms with Crippen LogP contribution < -0.4 is 5.32 Å². The second kappa shape index (κ2) is 5.87. The third-order valence-corrected chi connectivity index (χ3v) is 5.25. The van der Waals surface area contributed by atoms with E-state index in [0.717, 1.165) is 27.6 Å². The molecular weight excluding hydrogens is 238 g/mol. The number of nitrogens with zero attached hydrogens (tertiary/aromatic N) is 2. The topological polar surface area (TPSA) is 37.8 Å². The third-order valence-electron chi connectivity index (χ3n) is 3.13. The van der Waals surface area contributed by atoms with Crippen LogP contribution in [0.2, 0.25) is 0 Å². The molecule has 1 saturated carbocycles. The number of hydrogen-bond donors (Lipinski definition) is 1. The van der Waals surface area contributed by atoms with Crippen molar-refractivity contribution in [2.75, 3.05) is 12.4 Å². The van der Waals surface area contributed by atoms with Crippen LogP contribution in [0.5, 0.6) is 0 Å². The fourth-order valence-electron chi connectivity index (χ4n) is 2.22. The Labute approximate surface area is 106 Å². The van der Waals surface area contributed by atoms with E-state index in [9.17, 15) is 0 Å². The van der Waals surface area contributed by atoms with E-state index in [1.807, 2.05) is 7.05 Å². The van der Waals surface area contributed by atoms with Gasteiger partial charge in [0.1, 0.15) is 10.7 Å². The Morgan fingerprint density at radius 3 is 3.12 bits per heavy atom. The molecule has 1 fully saturated rings. The minimum absolute atomic E-state index is 0.829. The third kappa shape index (κ3) is 3.10. The van der Waals surface area contributed by atoms with Crippen molar-refractivity contribution in [3.63, 3.8) is 0 Å². The molecular formula is C11H19N3S2. The number of aromatic nitrogens is 2. The number of anilines is 1. The predicted octanol–water partition coefficient (Wildman–Crippen LogP) is 3.39. The summed E-state index contributed by atoms with van der Waals surface area (Å²) in [4.78, 5) is 0. The van der Waals surface area contributed by atoms with Gasteiger partial charge in [-0.1, -0.05) is 24.3 Å². The van der Waals surface area contributed by atoms with E-state index in [-0.39, 0.29) is 0 Å². The Kier molecular flexibility index (Phi) is 4.46. The first-order chi connectivity index (χ1) is 7.79. The molecule has 1 aromatic rings. The van der Waals surface area contributed by atoms with Crippen LogP contribution in [-0.2, 0) is 5.75 Å². The van der Waals surface area contributed by atoms with Crippen molar-refractivity contribution in [3.8, 4) is 0 Å². The molecule has 1 aliphatic rings. The molecule has 0 bridgehead atoms. The van der Waals surface area contributed by atoms with Gasteiger partial charge in [0.05, 0.1) is 0 Å². The van der Waals surface area contributed by atoms with Crippen molar-refractivity contribution >= 4 is 28.3 Å². The minimum Gasteiger partial charge on any atom is -0.377 e. The van der Waals surface area contributed by atoms with E-state index in [2.05, 4.69) is 33.6 Å². The van der Waals surface area contributed by atoms with Crippen molar-refractivity contribution in [2.24, 2.45) is 5.92 Å². The highest BCUT2D eigenvalue weighted by Gasteiger charge is 2.20. The summed E-state index contributed by atoms with van der Waals surface area (Å²) in [6.45, 7) is 2.37. The van der Waals surface area contributed by atoms with Gasteiger partial charge >= 0.3 is 0 Å². The minimum atomic E-state index is 0.829. The Bertz CT molecular complexity index is 327. The largest absolute Gasteiger partial charge is 0.377 e. The van der Waals surface area contributed by atoms with Gasteiger partial charge in [-0.05, 0) is 18.8 Å². The first-order valence-corrected chi connectivity index (χ1v) is 7.72. The standard InChI is InChI=1S/C11H19N3S2/c1-8-4-3-5-9(6-8)15-7-10-11(12-2)16-14-13-10/h8-9,12H,3-7H2,1-2H3. The lowest BCUT2D eigenvalue weighted by molar-refractivity contribution is 0.394. The second-order valence-corrected chi connectivity index (χ2v) is 6.55. The molecule has 2 rings (SSSR count).